The zero-order chi connectivity index (χ0) is 15.4. The third kappa shape index (κ3) is 2.99. The number of nitro groups is 1. The molecule has 1 N–H and O–H groups in total. The van der Waals surface area contributed by atoms with Crippen molar-refractivity contribution in [3.05, 3.63) is 34.0 Å². The molecule has 2 heterocycles. The minimum atomic E-state index is -0.451. The van der Waals surface area contributed by atoms with Crippen LogP contribution in [-0.4, -0.2) is 31.0 Å². The van der Waals surface area contributed by atoms with Gasteiger partial charge in [0.05, 0.1) is 4.92 Å². The maximum atomic E-state index is 11.3. The molecule has 8 heteroatoms. The molecule has 8 nitrogen and oxygen atoms in total. The molecule has 0 bridgehead atoms. The molecule has 21 heavy (non-hydrogen) atoms. The van der Waals surface area contributed by atoms with Crippen LogP contribution in [0.5, 0.6) is 0 Å². The van der Waals surface area contributed by atoms with E-state index < -0.39 is 4.92 Å². The Balaban J connectivity index is 2.60. The maximum absolute atomic E-state index is 11.3. The SMILES string of the molecule is CCCNc1nc(C)c([N+](=O)[O-])c(-n2ccnc2CC)n1. The van der Waals surface area contributed by atoms with E-state index >= 15 is 0 Å². The van der Waals surface area contributed by atoms with Gasteiger partial charge in [0, 0.05) is 25.4 Å². The van der Waals surface area contributed by atoms with Crippen LogP contribution in [0.25, 0.3) is 5.82 Å². The highest BCUT2D eigenvalue weighted by Crippen LogP contribution is 2.26. The molecule has 0 radical (unpaired) electrons. The molecular weight excluding hydrogens is 272 g/mol. The Labute approximate surface area is 122 Å². The second-order valence-electron chi connectivity index (χ2n) is 4.56. The second kappa shape index (κ2) is 6.29. The van der Waals surface area contributed by atoms with Gasteiger partial charge in [0.1, 0.15) is 11.5 Å². The van der Waals surface area contributed by atoms with E-state index in [1.165, 1.54) is 0 Å². The lowest BCUT2D eigenvalue weighted by Crippen LogP contribution is -2.12. The smallest absolute Gasteiger partial charge is 0.333 e. The summed E-state index contributed by atoms with van der Waals surface area (Å²) in [4.78, 5) is 23.5. The Kier molecular flexibility index (Phi) is 4.46. The van der Waals surface area contributed by atoms with E-state index in [1.807, 2.05) is 13.8 Å². The van der Waals surface area contributed by atoms with Gasteiger partial charge < -0.3 is 5.32 Å². The van der Waals surface area contributed by atoms with E-state index in [4.69, 9.17) is 0 Å². The number of hydrogen-bond acceptors (Lipinski definition) is 6. The maximum Gasteiger partial charge on any atom is 0.333 e. The lowest BCUT2D eigenvalue weighted by Gasteiger charge is -2.10. The molecule has 0 saturated carbocycles. The van der Waals surface area contributed by atoms with Crippen molar-refractivity contribution in [1.82, 2.24) is 19.5 Å². The van der Waals surface area contributed by atoms with Crippen molar-refractivity contribution in [3.63, 3.8) is 0 Å². The molecule has 0 spiro atoms. The summed E-state index contributed by atoms with van der Waals surface area (Å²) in [6.45, 7) is 6.29. The van der Waals surface area contributed by atoms with Crippen LogP contribution in [0.4, 0.5) is 11.6 Å². The van der Waals surface area contributed by atoms with Gasteiger partial charge in [0.15, 0.2) is 0 Å². The van der Waals surface area contributed by atoms with Crippen LogP contribution in [0.15, 0.2) is 12.4 Å². The molecular formula is C13H18N6O2. The lowest BCUT2D eigenvalue weighted by atomic mass is 10.3. The van der Waals surface area contributed by atoms with Crippen LogP contribution in [0.2, 0.25) is 0 Å². The summed E-state index contributed by atoms with van der Waals surface area (Å²) < 4.78 is 1.64. The summed E-state index contributed by atoms with van der Waals surface area (Å²) in [7, 11) is 0. The van der Waals surface area contributed by atoms with Crippen LogP contribution in [0.3, 0.4) is 0 Å². The second-order valence-corrected chi connectivity index (χ2v) is 4.56. The molecule has 0 fully saturated rings. The van der Waals surface area contributed by atoms with Gasteiger partial charge in [-0.05, 0) is 13.3 Å². The molecule has 2 aromatic rings. The summed E-state index contributed by atoms with van der Waals surface area (Å²) in [5.74, 6) is 1.36. The molecule has 2 rings (SSSR count). The fourth-order valence-electron chi connectivity index (χ4n) is 2.04. The Hall–Kier alpha value is -2.51. The zero-order valence-corrected chi connectivity index (χ0v) is 12.3. The summed E-state index contributed by atoms with van der Waals surface area (Å²) in [5, 5.41) is 14.4. The average molecular weight is 290 g/mol. The molecule has 0 aliphatic carbocycles. The molecule has 0 unspecified atom stereocenters. The predicted molar refractivity (Wildman–Crippen MR) is 78.7 cm³/mol. The molecule has 0 aliphatic heterocycles. The summed E-state index contributed by atoms with van der Waals surface area (Å²) in [6, 6.07) is 0. The summed E-state index contributed by atoms with van der Waals surface area (Å²) >= 11 is 0. The molecule has 0 amide bonds. The lowest BCUT2D eigenvalue weighted by molar-refractivity contribution is -0.385. The van der Waals surface area contributed by atoms with Gasteiger partial charge in [0.25, 0.3) is 0 Å². The summed E-state index contributed by atoms with van der Waals surface area (Å²) in [5.41, 5.74) is 0.240. The number of nitrogens with zero attached hydrogens (tertiary/aromatic N) is 5. The molecule has 2 aromatic heterocycles. The molecule has 0 saturated heterocycles. The van der Waals surface area contributed by atoms with E-state index in [2.05, 4.69) is 20.3 Å². The van der Waals surface area contributed by atoms with Crippen LogP contribution >= 0.6 is 0 Å². The third-order valence-corrected chi connectivity index (χ3v) is 3.02. The number of hydrogen-bond donors (Lipinski definition) is 1. The largest absolute Gasteiger partial charge is 0.354 e. The van der Waals surface area contributed by atoms with Gasteiger partial charge in [-0.2, -0.15) is 4.98 Å². The monoisotopic (exact) mass is 290 g/mol. The van der Waals surface area contributed by atoms with Crippen molar-refractivity contribution >= 4 is 11.6 Å². The first-order chi connectivity index (χ1) is 10.1. The number of aryl methyl sites for hydroxylation is 2. The van der Waals surface area contributed by atoms with Gasteiger partial charge in [-0.15, -0.1) is 0 Å². The first-order valence-electron chi connectivity index (χ1n) is 6.88. The van der Waals surface area contributed by atoms with Gasteiger partial charge >= 0.3 is 5.69 Å². The van der Waals surface area contributed by atoms with Crippen LogP contribution < -0.4 is 5.32 Å². The quantitative estimate of drug-likeness (QED) is 0.647. The molecule has 112 valence electrons. The van der Waals surface area contributed by atoms with Crippen molar-refractivity contribution in [2.45, 2.75) is 33.6 Å². The van der Waals surface area contributed by atoms with Gasteiger partial charge in [-0.3, -0.25) is 14.7 Å². The summed E-state index contributed by atoms with van der Waals surface area (Å²) in [6.07, 6.45) is 4.86. The van der Waals surface area contributed by atoms with Crippen LogP contribution in [0, 0.1) is 17.0 Å². The molecule has 0 atom stereocenters. The van der Waals surface area contributed by atoms with Crippen molar-refractivity contribution in [1.29, 1.82) is 0 Å². The normalized spacial score (nSPS) is 10.6. The first-order valence-corrected chi connectivity index (χ1v) is 6.88. The Morgan fingerprint density at radius 1 is 1.38 bits per heavy atom. The highest BCUT2D eigenvalue weighted by Gasteiger charge is 2.24. The van der Waals surface area contributed by atoms with E-state index in [0.29, 0.717) is 24.6 Å². The highest BCUT2D eigenvalue weighted by molar-refractivity contribution is 5.54. The van der Waals surface area contributed by atoms with E-state index in [1.54, 1.807) is 23.9 Å². The number of aromatic nitrogens is 4. The zero-order valence-electron chi connectivity index (χ0n) is 12.3. The Morgan fingerprint density at radius 2 is 2.14 bits per heavy atom. The minimum absolute atomic E-state index is 0.0928. The van der Waals surface area contributed by atoms with Crippen LogP contribution in [-0.2, 0) is 6.42 Å². The standard InChI is InChI=1S/C13H18N6O2/c1-4-6-15-13-16-9(3)11(19(20)21)12(17-13)18-8-7-14-10(18)5-2/h7-8H,4-6H2,1-3H3,(H,15,16,17). The van der Waals surface area contributed by atoms with Crippen LogP contribution in [0.1, 0.15) is 31.8 Å². The number of imidazole rings is 1. The fraction of sp³-hybridized carbons (Fsp3) is 0.462. The van der Waals surface area contributed by atoms with E-state index in [-0.39, 0.29) is 11.5 Å². The molecule has 0 aliphatic rings. The third-order valence-electron chi connectivity index (χ3n) is 3.02. The Bertz CT molecular complexity index is 652. The number of rotatable bonds is 6. The van der Waals surface area contributed by atoms with E-state index in [9.17, 15) is 10.1 Å². The van der Waals surface area contributed by atoms with Crippen molar-refractivity contribution in [3.8, 4) is 5.82 Å². The average Bonchev–Trinajstić information content (AvgIpc) is 2.92. The van der Waals surface area contributed by atoms with Crippen molar-refractivity contribution in [2.75, 3.05) is 11.9 Å². The predicted octanol–water partition coefficient (Wildman–Crippen LogP) is 2.26. The Morgan fingerprint density at radius 3 is 2.76 bits per heavy atom. The number of nitrogens with one attached hydrogen (secondary N) is 1. The van der Waals surface area contributed by atoms with Gasteiger partial charge in [0.2, 0.25) is 11.8 Å². The first kappa shape index (κ1) is 14.9. The topological polar surface area (TPSA) is 98.8 Å². The fourth-order valence-corrected chi connectivity index (χ4v) is 2.04. The minimum Gasteiger partial charge on any atom is -0.354 e. The highest BCUT2D eigenvalue weighted by atomic mass is 16.6. The van der Waals surface area contributed by atoms with Crippen molar-refractivity contribution < 1.29 is 4.92 Å². The van der Waals surface area contributed by atoms with Crippen molar-refractivity contribution in [2.24, 2.45) is 0 Å². The number of anilines is 1. The van der Waals surface area contributed by atoms with E-state index in [0.717, 1.165) is 12.2 Å². The van der Waals surface area contributed by atoms with Gasteiger partial charge in [-0.1, -0.05) is 13.8 Å². The van der Waals surface area contributed by atoms with Gasteiger partial charge in [-0.25, -0.2) is 9.97 Å². The molecule has 0 aromatic carbocycles.